The molecule has 4 rings (SSSR count). The van der Waals surface area contributed by atoms with E-state index in [4.69, 9.17) is 0 Å². The fourth-order valence-corrected chi connectivity index (χ4v) is 3.79. The van der Waals surface area contributed by atoms with Crippen molar-refractivity contribution >= 4 is 23.9 Å². The highest BCUT2D eigenvalue weighted by Gasteiger charge is 2.29. The van der Waals surface area contributed by atoms with Gasteiger partial charge in [0.05, 0.1) is 17.5 Å². The number of aromatic nitrogens is 3. The van der Waals surface area contributed by atoms with Crippen LogP contribution < -0.4 is 5.43 Å². The van der Waals surface area contributed by atoms with E-state index in [9.17, 15) is 18.0 Å². The lowest BCUT2D eigenvalue weighted by molar-refractivity contribution is -0.137. The van der Waals surface area contributed by atoms with Gasteiger partial charge in [0, 0.05) is 11.3 Å². The SMILES string of the molecule is O=C(CSc1nnc(-c2ccccc2)n1-c1ccccc1)N/N=C/c1ccc(C(F)(F)F)cc1. The molecule has 0 atom stereocenters. The van der Waals surface area contributed by atoms with Crippen molar-refractivity contribution in [2.24, 2.45) is 5.10 Å². The zero-order valence-electron chi connectivity index (χ0n) is 17.6. The summed E-state index contributed by atoms with van der Waals surface area (Å²) in [5, 5.41) is 12.9. The summed E-state index contributed by atoms with van der Waals surface area (Å²) in [6.45, 7) is 0. The topological polar surface area (TPSA) is 72.2 Å². The first-order valence-electron chi connectivity index (χ1n) is 10.1. The summed E-state index contributed by atoms with van der Waals surface area (Å²) in [6, 6.07) is 23.6. The van der Waals surface area contributed by atoms with Gasteiger partial charge in [-0.3, -0.25) is 9.36 Å². The zero-order chi connectivity index (χ0) is 24.0. The molecule has 0 aliphatic heterocycles. The number of nitrogens with one attached hydrogen (secondary N) is 1. The minimum Gasteiger partial charge on any atom is -0.272 e. The van der Waals surface area contributed by atoms with Crippen LogP contribution in [0.4, 0.5) is 13.2 Å². The van der Waals surface area contributed by atoms with E-state index in [2.05, 4.69) is 20.7 Å². The third-order valence-corrected chi connectivity index (χ3v) is 5.58. The molecule has 1 N–H and O–H groups in total. The second-order valence-corrected chi connectivity index (χ2v) is 7.99. The van der Waals surface area contributed by atoms with Gasteiger partial charge in [0.25, 0.3) is 5.91 Å². The van der Waals surface area contributed by atoms with Gasteiger partial charge in [-0.15, -0.1) is 10.2 Å². The molecule has 1 heterocycles. The Bertz CT molecular complexity index is 1270. The lowest BCUT2D eigenvalue weighted by atomic mass is 10.1. The van der Waals surface area contributed by atoms with E-state index in [-0.39, 0.29) is 5.75 Å². The molecule has 0 unspecified atom stereocenters. The lowest BCUT2D eigenvalue weighted by Gasteiger charge is -2.10. The molecule has 0 saturated carbocycles. The zero-order valence-corrected chi connectivity index (χ0v) is 18.4. The van der Waals surface area contributed by atoms with Crippen LogP contribution in [-0.4, -0.2) is 32.6 Å². The monoisotopic (exact) mass is 481 g/mol. The molecule has 3 aromatic carbocycles. The Balaban J connectivity index is 1.43. The van der Waals surface area contributed by atoms with Crippen molar-refractivity contribution in [3.63, 3.8) is 0 Å². The molecule has 0 spiro atoms. The molecule has 0 fully saturated rings. The van der Waals surface area contributed by atoms with Crippen molar-refractivity contribution in [3.8, 4) is 17.1 Å². The van der Waals surface area contributed by atoms with Crippen LogP contribution in [0.1, 0.15) is 11.1 Å². The van der Waals surface area contributed by atoms with Crippen molar-refractivity contribution in [2.75, 3.05) is 5.75 Å². The minimum absolute atomic E-state index is 0.0180. The van der Waals surface area contributed by atoms with Gasteiger partial charge in [-0.25, -0.2) is 5.43 Å². The van der Waals surface area contributed by atoms with E-state index in [1.165, 1.54) is 30.1 Å². The first-order valence-corrected chi connectivity index (χ1v) is 11.1. The molecular formula is C24H18F3N5OS. The van der Waals surface area contributed by atoms with Crippen LogP contribution in [0.15, 0.2) is 95.2 Å². The van der Waals surface area contributed by atoms with Crippen molar-refractivity contribution in [2.45, 2.75) is 11.3 Å². The molecule has 0 aliphatic carbocycles. The van der Waals surface area contributed by atoms with Gasteiger partial charge >= 0.3 is 6.18 Å². The van der Waals surface area contributed by atoms with E-state index < -0.39 is 17.6 Å². The Morgan fingerprint density at radius 2 is 1.59 bits per heavy atom. The highest BCUT2D eigenvalue weighted by Crippen LogP contribution is 2.29. The number of rotatable bonds is 7. The number of carbonyl (C=O) groups excluding carboxylic acids is 1. The third kappa shape index (κ3) is 5.70. The van der Waals surface area contributed by atoms with E-state index in [0.29, 0.717) is 16.5 Å². The van der Waals surface area contributed by atoms with E-state index in [1.54, 1.807) is 0 Å². The Kier molecular flexibility index (Phi) is 7.07. The first kappa shape index (κ1) is 23.2. The van der Waals surface area contributed by atoms with E-state index >= 15 is 0 Å². The second kappa shape index (κ2) is 10.3. The average molecular weight is 482 g/mol. The normalized spacial score (nSPS) is 11.6. The first-order chi connectivity index (χ1) is 16.4. The smallest absolute Gasteiger partial charge is 0.272 e. The van der Waals surface area contributed by atoms with Crippen molar-refractivity contribution < 1.29 is 18.0 Å². The van der Waals surface area contributed by atoms with Crippen LogP contribution >= 0.6 is 11.8 Å². The Hall–Kier alpha value is -3.92. The quantitative estimate of drug-likeness (QED) is 0.224. The lowest BCUT2D eigenvalue weighted by Crippen LogP contribution is -2.20. The van der Waals surface area contributed by atoms with Gasteiger partial charge in [0.1, 0.15) is 0 Å². The highest BCUT2D eigenvalue weighted by atomic mass is 32.2. The molecule has 172 valence electrons. The standard InChI is InChI=1S/C24H18F3N5OS/c25-24(26,27)19-13-11-17(12-14-19)15-28-29-21(33)16-34-23-31-30-22(18-7-3-1-4-8-18)32(23)20-9-5-2-6-10-20/h1-15H,16H2,(H,29,33)/b28-15+. The minimum atomic E-state index is -4.40. The fourth-order valence-electron chi connectivity index (χ4n) is 3.05. The van der Waals surface area contributed by atoms with Crippen molar-refractivity contribution in [1.82, 2.24) is 20.2 Å². The van der Waals surface area contributed by atoms with Crippen LogP contribution in [0.25, 0.3) is 17.1 Å². The third-order valence-electron chi connectivity index (χ3n) is 4.65. The summed E-state index contributed by atoms with van der Waals surface area (Å²) in [5.41, 5.74) is 3.80. The summed E-state index contributed by atoms with van der Waals surface area (Å²) in [4.78, 5) is 12.3. The number of halogens is 3. The van der Waals surface area contributed by atoms with E-state index in [0.717, 1.165) is 23.4 Å². The molecule has 0 radical (unpaired) electrons. The van der Waals surface area contributed by atoms with Gasteiger partial charge in [-0.2, -0.15) is 18.3 Å². The molecule has 34 heavy (non-hydrogen) atoms. The van der Waals surface area contributed by atoms with Crippen LogP contribution in [0.3, 0.4) is 0 Å². The Morgan fingerprint density at radius 3 is 2.24 bits per heavy atom. The summed E-state index contributed by atoms with van der Waals surface area (Å²) < 4.78 is 39.8. The summed E-state index contributed by atoms with van der Waals surface area (Å²) in [6.07, 6.45) is -3.12. The number of hydrogen-bond donors (Lipinski definition) is 1. The van der Waals surface area contributed by atoms with Crippen LogP contribution in [-0.2, 0) is 11.0 Å². The van der Waals surface area contributed by atoms with Gasteiger partial charge in [-0.1, -0.05) is 72.4 Å². The Labute approximate surface area is 197 Å². The number of para-hydroxylation sites is 1. The van der Waals surface area contributed by atoms with E-state index in [1.807, 2.05) is 65.2 Å². The molecule has 0 aliphatic rings. The average Bonchev–Trinajstić information content (AvgIpc) is 3.28. The van der Waals surface area contributed by atoms with Gasteiger partial charge in [0.2, 0.25) is 0 Å². The summed E-state index contributed by atoms with van der Waals surface area (Å²) in [5.74, 6) is 0.275. The number of benzene rings is 3. The predicted octanol–water partition coefficient (Wildman–Crippen LogP) is 5.20. The number of thioether (sulfide) groups is 1. The molecule has 0 saturated heterocycles. The highest BCUT2D eigenvalue weighted by molar-refractivity contribution is 7.99. The molecule has 10 heteroatoms. The van der Waals surface area contributed by atoms with Crippen LogP contribution in [0.2, 0.25) is 0 Å². The maximum atomic E-state index is 12.6. The second-order valence-electron chi connectivity index (χ2n) is 7.04. The number of hydrogen-bond acceptors (Lipinski definition) is 5. The number of nitrogens with zero attached hydrogens (tertiary/aromatic N) is 4. The molecule has 4 aromatic rings. The number of carbonyl (C=O) groups is 1. The van der Waals surface area contributed by atoms with Crippen molar-refractivity contribution in [1.29, 1.82) is 0 Å². The summed E-state index contributed by atoms with van der Waals surface area (Å²) >= 11 is 1.19. The number of alkyl halides is 3. The molecule has 0 bridgehead atoms. The maximum absolute atomic E-state index is 12.6. The van der Waals surface area contributed by atoms with Gasteiger partial charge in [-0.05, 0) is 29.8 Å². The summed E-state index contributed by atoms with van der Waals surface area (Å²) in [7, 11) is 0. The largest absolute Gasteiger partial charge is 0.416 e. The van der Waals surface area contributed by atoms with Crippen LogP contribution in [0.5, 0.6) is 0 Å². The van der Waals surface area contributed by atoms with Gasteiger partial charge in [0.15, 0.2) is 11.0 Å². The maximum Gasteiger partial charge on any atom is 0.416 e. The number of hydrazone groups is 1. The number of amides is 1. The fraction of sp³-hybridized carbons (Fsp3) is 0.0833. The molecule has 6 nitrogen and oxygen atoms in total. The molecular weight excluding hydrogens is 463 g/mol. The van der Waals surface area contributed by atoms with Crippen molar-refractivity contribution in [3.05, 3.63) is 96.1 Å². The molecule has 1 aromatic heterocycles. The van der Waals surface area contributed by atoms with Gasteiger partial charge < -0.3 is 0 Å². The Morgan fingerprint density at radius 1 is 0.941 bits per heavy atom. The van der Waals surface area contributed by atoms with Crippen LogP contribution in [0, 0.1) is 0 Å². The molecule has 1 amide bonds. The predicted molar refractivity (Wildman–Crippen MR) is 125 cm³/mol.